The fourth-order valence-corrected chi connectivity index (χ4v) is 1.76. The molecule has 0 amide bonds. The number of aromatic hydroxyl groups is 1. The number of halogens is 1. The topological polar surface area (TPSA) is 66.8 Å². The molecule has 2 aromatic rings. The van der Waals surface area contributed by atoms with Gasteiger partial charge in [0.25, 0.3) is 0 Å². The molecular formula is C15H13FO4. The van der Waals surface area contributed by atoms with Crippen LogP contribution in [-0.4, -0.2) is 22.8 Å². The van der Waals surface area contributed by atoms with Gasteiger partial charge in [0.05, 0.1) is 0 Å². The van der Waals surface area contributed by atoms with E-state index in [2.05, 4.69) is 0 Å². The molecule has 1 atom stereocenters. The van der Waals surface area contributed by atoms with Crippen LogP contribution < -0.4 is 4.74 Å². The highest BCUT2D eigenvalue weighted by Gasteiger charge is 2.21. The van der Waals surface area contributed by atoms with Crippen LogP contribution in [0.2, 0.25) is 0 Å². The quantitative estimate of drug-likeness (QED) is 0.881. The van der Waals surface area contributed by atoms with E-state index in [0.717, 1.165) is 0 Å². The molecule has 2 N–H and O–H groups in total. The Labute approximate surface area is 115 Å². The molecule has 0 aliphatic heterocycles. The van der Waals surface area contributed by atoms with Crippen LogP contribution in [-0.2, 0) is 4.79 Å². The van der Waals surface area contributed by atoms with Crippen molar-refractivity contribution in [2.24, 2.45) is 0 Å². The highest BCUT2D eigenvalue weighted by molar-refractivity contribution is 5.76. The van der Waals surface area contributed by atoms with Crippen molar-refractivity contribution in [2.75, 3.05) is 6.61 Å². The van der Waals surface area contributed by atoms with Crippen molar-refractivity contribution in [1.82, 2.24) is 0 Å². The van der Waals surface area contributed by atoms with Crippen LogP contribution in [0.4, 0.5) is 4.39 Å². The van der Waals surface area contributed by atoms with E-state index in [4.69, 9.17) is 9.84 Å². The first-order valence-corrected chi connectivity index (χ1v) is 5.96. The van der Waals surface area contributed by atoms with E-state index in [9.17, 15) is 14.3 Å². The molecule has 0 aliphatic rings. The normalized spacial score (nSPS) is 11.8. The largest absolute Gasteiger partial charge is 0.508 e. The Balaban J connectivity index is 2.10. The maximum atomic E-state index is 13.1. The lowest BCUT2D eigenvalue weighted by Crippen LogP contribution is -2.19. The summed E-state index contributed by atoms with van der Waals surface area (Å²) in [6.07, 6.45) is 0. The molecule has 0 aliphatic carbocycles. The zero-order valence-electron chi connectivity index (χ0n) is 10.5. The number of carboxylic acids is 1. The van der Waals surface area contributed by atoms with Gasteiger partial charge < -0.3 is 14.9 Å². The highest BCUT2D eigenvalue weighted by Crippen LogP contribution is 2.21. The van der Waals surface area contributed by atoms with Crippen LogP contribution in [0.15, 0.2) is 48.5 Å². The van der Waals surface area contributed by atoms with Gasteiger partial charge in [-0.2, -0.15) is 0 Å². The highest BCUT2D eigenvalue weighted by atomic mass is 19.1. The molecule has 5 heteroatoms. The Morgan fingerprint density at radius 2 is 1.90 bits per heavy atom. The molecule has 0 fully saturated rings. The number of hydrogen-bond donors (Lipinski definition) is 2. The second kappa shape index (κ2) is 6.06. The van der Waals surface area contributed by atoms with E-state index >= 15 is 0 Å². The maximum absolute atomic E-state index is 13.1. The summed E-state index contributed by atoms with van der Waals surface area (Å²) < 4.78 is 18.5. The van der Waals surface area contributed by atoms with Crippen molar-refractivity contribution in [3.8, 4) is 11.5 Å². The van der Waals surface area contributed by atoms with Crippen LogP contribution in [0.25, 0.3) is 0 Å². The van der Waals surface area contributed by atoms with Gasteiger partial charge in [-0.3, -0.25) is 4.79 Å². The molecule has 0 heterocycles. The summed E-state index contributed by atoms with van der Waals surface area (Å²) >= 11 is 0. The fourth-order valence-electron chi connectivity index (χ4n) is 1.76. The van der Waals surface area contributed by atoms with Crippen molar-refractivity contribution < 1.29 is 24.1 Å². The van der Waals surface area contributed by atoms with Gasteiger partial charge in [0.1, 0.15) is 29.8 Å². The Morgan fingerprint density at radius 3 is 2.50 bits per heavy atom. The number of hydrogen-bond acceptors (Lipinski definition) is 3. The second-order valence-electron chi connectivity index (χ2n) is 4.25. The summed E-state index contributed by atoms with van der Waals surface area (Å²) in [5, 5.41) is 18.3. The molecular weight excluding hydrogens is 263 g/mol. The van der Waals surface area contributed by atoms with Crippen molar-refractivity contribution in [1.29, 1.82) is 0 Å². The number of aliphatic carboxylic acids is 1. The molecule has 4 nitrogen and oxygen atoms in total. The van der Waals surface area contributed by atoms with E-state index in [1.807, 2.05) is 0 Å². The molecule has 0 radical (unpaired) electrons. The van der Waals surface area contributed by atoms with E-state index in [1.165, 1.54) is 42.5 Å². The van der Waals surface area contributed by atoms with Gasteiger partial charge >= 0.3 is 5.97 Å². The predicted molar refractivity (Wildman–Crippen MR) is 70.4 cm³/mol. The number of phenolic OH excluding ortho intramolecular Hbond substituents is 1. The van der Waals surface area contributed by atoms with Crippen LogP contribution >= 0.6 is 0 Å². The second-order valence-corrected chi connectivity index (χ2v) is 4.25. The number of rotatable bonds is 5. The van der Waals surface area contributed by atoms with Crippen molar-refractivity contribution in [3.63, 3.8) is 0 Å². The summed E-state index contributed by atoms with van der Waals surface area (Å²) in [5.41, 5.74) is 0.344. The third-order valence-corrected chi connectivity index (χ3v) is 2.80. The molecule has 0 saturated heterocycles. The van der Waals surface area contributed by atoms with Gasteiger partial charge in [0.2, 0.25) is 0 Å². The molecule has 1 unspecified atom stereocenters. The summed E-state index contributed by atoms with van der Waals surface area (Å²) in [6, 6.07) is 11.4. The van der Waals surface area contributed by atoms with Gasteiger partial charge in [-0.1, -0.05) is 12.1 Å². The molecule has 0 saturated carbocycles. The van der Waals surface area contributed by atoms with Gasteiger partial charge in [0, 0.05) is 0 Å². The van der Waals surface area contributed by atoms with Crippen LogP contribution in [0.5, 0.6) is 11.5 Å². The smallest absolute Gasteiger partial charge is 0.314 e. The minimum Gasteiger partial charge on any atom is -0.508 e. The van der Waals surface area contributed by atoms with Crippen molar-refractivity contribution in [3.05, 3.63) is 59.9 Å². The average Bonchev–Trinajstić information content (AvgIpc) is 2.41. The zero-order chi connectivity index (χ0) is 14.5. The van der Waals surface area contributed by atoms with Crippen LogP contribution in [0.3, 0.4) is 0 Å². The third kappa shape index (κ3) is 3.47. The van der Waals surface area contributed by atoms with Gasteiger partial charge in [-0.15, -0.1) is 0 Å². The van der Waals surface area contributed by atoms with E-state index in [1.54, 1.807) is 6.07 Å². The summed E-state index contributed by atoms with van der Waals surface area (Å²) in [5.74, 6) is -2.00. The third-order valence-electron chi connectivity index (χ3n) is 2.80. The van der Waals surface area contributed by atoms with E-state index in [-0.39, 0.29) is 12.4 Å². The predicted octanol–water partition coefficient (Wildman–Crippen LogP) is 2.78. The lowest BCUT2D eigenvalue weighted by Gasteiger charge is -2.14. The Morgan fingerprint density at radius 1 is 1.20 bits per heavy atom. The summed E-state index contributed by atoms with van der Waals surface area (Å²) in [6.45, 7) is -0.121. The van der Waals surface area contributed by atoms with Crippen molar-refractivity contribution >= 4 is 5.97 Å². The Bertz CT molecular complexity index is 595. The monoisotopic (exact) mass is 276 g/mol. The van der Waals surface area contributed by atoms with Gasteiger partial charge in [-0.25, -0.2) is 4.39 Å². The number of ether oxygens (including phenoxy) is 1. The first kappa shape index (κ1) is 13.9. The number of benzene rings is 2. The number of carboxylic acid groups (broad SMARTS) is 1. The molecule has 0 aromatic heterocycles. The molecule has 104 valence electrons. The number of phenols is 1. The molecule has 20 heavy (non-hydrogen) atoms. The molecule has 2 aromatic carbocycles. The average molecular weight is 276 g/mol. The maximum Gasteiger partial charge on any atom is 0.314 e. The zero-order valence-corrected chi connectivity index (χ0v) is 10.5. The minimum atomic E-state index is -1.09. The summed E-state index contributed by atoms with van der Waals surface area (Å²) in [4.78, 5) is 11.2. The van der Waals surface area contributed by atoms with E-state index in [0.29, 0.717) is 11.3 Å². The Hall–Kier alpha value is -2.56. The van der Waals surface area contributed by atoms with Crippen LogP contribution in [0, 0.1) is 5.82 Å². The first-order valence-electron chi connectivity index (χ1n) is 5.96. The fraction of sp³-hybridized carbons (Fsp3) is 0.133. The standard InChI is InChI=1S/C15H13FO4/c16-11-3-1-2-10(8-11)14(15(18)19)9-20-13-6-4-12(17)5-7-13/h1-8,14,17H,9H2,(H,18,19). The molecule has 0 bridgehead atoms. The summed E-state index contributed by atoms with van der Waals surface area (Å²) in [7, 11) is 0. The Kier molecular flexibility index (Phi) is 4.20. The molecule has 0 spiro atoms. The SMILES string of the molecule is O=C(O)C(COc1ccc(O)cc1)c1cccc(F)c1. The van der Waals surface area contributed by atoms with E-state index < -0.39 is 17.7 Å². The van der Waals surface area contributed by atoms with Crippen LogP contribution in [0.1, 0.15) is 11.5 Å². The lowest BCUT2D eigenvalue weighted by atomic mass is 10.0. The number of carbonyl (C=O) groups is 1. The van der Waals surface area contributed by atoms with Crippen molar-refractivity contribution in [2.45, 2.75) is 5.92 Å². The van der Waals surface area contributed by atoms with Gasteiger partial charge in [-0.05, 0) is 42.0 Å². The minimum absolute atomic E-state index is 0.0947. The lowest BCUT2D eigenvalue weighted by molar-refractivity contribution is -0.139. The van der Waals surface area contributed by atoms with Gasteiger partial charge in [0.15, 0.2) is 0 Å². The molecule has 2 rings (SSSR count). The first-order chi connectivity index (χ1) is 9.56.